The highest BCUT2D eigenvalue weighted by atomic mass is 15.2. The van der Waals surface area contributed by atoms with Crippen molar-refractivity contribution in [1.29, 1.82) is 0 Å². The molecule has 0 aliphatic rings. The van der Waals surface area contributed by atoms with Gasteiger partial charge in [-0.15, -0.1) is 0 Å². The molecule has 0 radical (unpaired) electrons. The second-order valence-corrected chi connectivity index (χ2v) is 4.84. The van der Waals surface area contributed by atoms with Crippen molar-refractivity contribution in [3.63, 3.8) is 0 Å². The van der Waals surface area contributed by atoms with E-state index in [-0.39, 0.29) is 0 Å². The summed E-state index contributed by atoms with van der Waals surface area (Å²) >= 11 is 0. The first kappa shape index (κ1) is 14.1. The number of hydrogen-bond donors (Lipinski definition) is 1. The standard InChI is InChI=1S/C15H21N5/c1-19(2)15(16)18-12-14-17-9-11-20(14)10-8-13-6-4-3-5-7-13/h3-7,9,11H,8,10,12H2,1-2H3,(H2,16,18). The number of imidazole rings is 1. The largest absolute Gasteiger partial charge is 0.370 e. The Hall–Kier alpha value is -2.30. The van der Waals surface area contributed by atoms with Gasteiger partial charge in [0.15, 0.2) is 5.96 Å². The summed E-state index contributed by atoms with van der Waals surface area (Å²) in [6, 6.07) is 10.4. The van der Waals surface area contributed by atoms with Crippen molar-refractivity contribution < 1.29 is 0 Å². The first-order chi connectivity index (χ1) is 9.66. The summed E-state index contributed by atoms with van der Waals surface area (Å²) in [4.78, 5) is 10.4. The lowest BCUT2D eigenvalue weighted by atomic mass is 10.1. The number of benzene rings is 1. The maximum Gasteiger partial charge on any atom is 0.191 e. The maximum atomic E-state index is 5.79. The summed E-state index contributed by atoms with van der Waals surface area (Å²) in [7, 11) is 3.75. The van der Waals surface area contributed by atoms with Gasteiger partial charge in [-0.05, 0) is 12.0 Å². The molecule has 0 aliphatic heterocycles. The number of aromatic nitrogens is 2. The van der Waals surface area contributed by atoms with Gasteiger partial charge in [-0.1, -0.05) is 30.3 Å². The Bertz CT molecular complexity index is 557. The lowest BCUT2D eigenvalue weighted by molar-refractivity contribution is 0.602. The van der Waals surface area contributed by atoms with Crippen LogP contribution in [0.2, 0.25) is 0 Å². The van der Waals surface area contributed by atoms with Crippen molar-refractivity contribution >= 4 is 5.96 Å². The van der Waals surface area contributed by atoms with Crippen molar-refractivity contribution in [2.75, 3.05) is 14.1 Å². The zero-order valence-corrected chi connectivity index (χ0v) is 12.0. The van der Waals surface area contributed by atoms with E-state index in [1.54, 1.807) is 4.90 Å². The maximum absolute atomic E-state index is 5.79. The Labute approximate surface area is 119 Å². The number of rotatable bonds is 5. The zero-order chi connectivity index (χ0) is 14.4. The van der Waals surface area contributed by atoms with Gasteiger partial charge in [0.1, 0.15) is 12.4 Å². The Balaban J connectivity index is 1.97. The summed E-state index contributed by atoms with van der Waals surface area (Å²) < 4.78 is 2.12. The third-order valence-corrected chi connectivity index (χ3v) is 3.13. The van der Waals surface area contributed by atoms with Crippen LogP contribution in [-0.2, 0) is 19.5 Å². The van der Waals surface area contributed by atoms with Gasteiger partial charge in [0.2, 0.25) is 0 Å². The van der Waals surface area contributed by atoms with Crippen molar-refractivity contribution in [2.45, 2.75) is 19.5 Å². The highest BCUT2D eigenvalue weighted by Crippen LogP contribution is 2.05. The fourth-order valence-electron chi connectivity index (χ4n) is 1.88. The SMILES string of the molecule is CN(C)C(N)=NCc1nccn1CCc1ccccc1. The Morgan fingerprint density at radius 1 is 1.30 bits per heavy atom. The molecule has 1 aromatic heterocycles. The lowest BCUT2D eigenvalue weighted by Gasteiger charge is -2.11. The number of guanidine groups is 1. The summed E-state index contributed by atoms with van der Waals surface area (Å²) in [6.45, 7) is 1.41. The number of aliphatic imine (C=N–C) groups is 1. The number of aryl methyl sites for hydroxylation is 2. The average Bonchev–Trinajstić information content (AvgIpc) is 2.91. The molecule has 0 bridgehead atoms. The Kier molecular flexibility index (Phi) is 4.76. The van der Waals surface area contributed by atoms with Crippen molar-refractivity contribution in [2.24, 2.45) is 10.7 Å². The van der Waals surface area contributed by atoms with E-state index in [1.807, 2.05) is 32.6 Å². The molecule has 106 valence electrons. The predicted molar refractivity (Wildman–Crippen MR) is 81.4 cm³/mol. The van der Waals surface area contributed by atoms with Gasteiger partial charge in [-0.3, -0.25) is 0 Å². The van der Waals surface area contributed by atoms with E-state index in [4.69, 9.17) is 5.73 Å². The van der Waals surface area contributed by atoms with Crippen LogP contribution in [0.25, 0.3) is 0 Å². The third-order valence-electron chi connectivity index (χ3n) is 3.13. The number of nitrogens with zero attached hydrogens (tertiary/aromatic N) is 4. The minimum atomic E-state index is 0.506. The molecule has 0 spiro atoms. The van der Waals surface area contributed by atoms with Crippen LogP contribution >= 0.6 is 0 Å². The van der Waals surface area contributed by atoms with Crippen LogP contribution in [0.4, 0.5) is 0 Å². The number of nitrogens with two attached hydrogens (primary N) is 1. The molecule has 0 aliphatic carbocycles. The van der Waals surface area contributed by atoms with Crippen molar-refractivity contribution in [3.05, 3.63) is 54.1 Å². The van der Waals surface area contributed by atoms with Gasteiger partial charge >= 0.3 is 0 Å². The van der Waals surface area contributed by atoms with Crippen LogP contribution in [0.15, 0.2) is 47.7 Å². The predicted octanol–water partition coefficient (Wildman–Crippen LogP) is 1.50. The molecule has 0 unspecified atom stereocenters. The molecule has 0 amide bonds. The molecule has 0 saturated heterocycles. The van der Waals surface area contributed by atoms with Gasteiger partial charge in [-0.25, -0.2) is 9.98 Å². The van der Waals surface area contributed by atoms with E-state index in [0.29, 0.717) is 12.5 Å². The molecule has 0 fully saturated rings. The van der Waals surface area contributed by atoms with Crippen LogP contribution in [0.3, 0.4) is 0 Å². The Morgan fingerprint density at radius 3 is 2.75 bits per heavy atom. The van der Waals surface area contributed by atoms with E-state index >= 15 is 0 Å². The fraction of sp³-hybridized carbons (Fsp3) is 0.333. The molecule has 0 saturated carbocycles. The normalized spacial score (nSPS) is 11.6. The Morgan fingerprint density at radius 2 is 2.05 bits per heavy atom. The molecular formula is C15H21N5. The first-order valence-corrected chi connectivity index (χ1v) is 6.68. The topological polar surface area (TPSA) is 59.4 Å². The smallest absolute Gasteiger partial charge is 0.191 e. The second kappa shape index (κ2) is 6.75. The van der Waals surface area contributed by atoms with Crippen LogP contribution in [0.5, 0.6) is 0 Å². The molecule has 2 rings (SSSR count). The average molecular weight is 271 g/mol. The van der Waals surface area contributed by atoms with Crippen LogP contribution in [0.1, 0.15) is 11.4 Å². The molecule has 20 heavy (non-hydrogen) atoms. The van der Waals surface area contributed by atoms with Gasteiger partial charge < -0.3 is 15.2 Å². The summed E-state index contributed by atoms with van der Waals surface area (Å²) in [5.74, 6) is 1.45. The van der Waals surface area contributed by atoms with Crippen LogP contribution in [0, 0.1) is 0 Å². The molecule has 1 aromatic carbocycles. The second-order valence-electron chi connectivity index (χ2n) is 4.84. The molecule has 2 N–H and O–H groups in total. The van der Waals surface area contributed by atoms with E-state index in [0.717, 1.165) is 18.8 Å². The molecular weight excluding hydrogens is 250 g/mol. The van der Waals surface area contributed by atoms with Gasteiger partial charge in [0.05, 0.1) is 0 Å². The molecule has 1 heterocycles. The lowest BCUT2D eigenvalue weighted by Crippen LogP contribution is -2.30. The zero-order valence-electron chi connectivity index (χ0n) is 12.0. The third kappa shape index (κ3) is 3.85. The first-order valence-electron chi connectivity index (χ1n) is 6.68. The van der Waals surface area contributed by atoms with Gasteiger partial charge in [0, 0.05) is 33.0 Å². The van der Waals surface area contributed by atoms with Crippen LogP contribution < -0.4 is 5.73 Å². The quantitative estimate of drug-likeness (QED) is 0.662. The molecule has 0 atom stereocenters. The van der Waals surface area contributed by atoms with E-state index in [1.165, 1.54) is 5.56 Å². The van der Waals surface area contributed by atoms with Crippen LogP contribution in [-0.4, -0.2) is 34.5 Å². The monoisotopic (exact) mass is 271 g/mol. The van der Waals surface area contributed by atoms with Crippen molar-refractivity contribution in [1.82, 2.24) is 14.5 Å². The highest BCUT2D eigenvalue weighted by Gasteiger charge is 2.03. The van der Waals surface area contributed by atoms with E-state index < -0.39 is 0 Å². The summed E-state index contributed by atoms with van der Waals surface area (Å²) in [5, 5.41) is 0. The number of hydrogen-bond acceptors (Lipinski definition) is 2. The molecule has 5 nitrogen and oxygen atoms in total. The summed E-state index contributed by atoms with van der Waals surface area (Å²) in [5.41, 5.74) is 7.11. The van der Waals surface area contributed by atoms with E-state index in [9.17, 15) is 0 Å². The minimum Gasteiger partial charge on any atom is -0.370 e. The highest BCUT2D eigenvalue weighted by molar-refractivity contribution is 5.77. The fourth-order valence-corrected chi connectivity index (χ4v) is 1.88. The summed E-state index contributed by atoms with van der Waals surface area (Å²) in [6.07, 6.45) is 4.78. The van der Waals surface area contributed by atoms with Gasteiger partial charge in [0.25, 0.3) is 0 Å². The van der Waals surface area contributed by atoms with Gasteiger partial charge in [-0.2, -0.15) is 0 Å². The molecule has 2 aromatic rings. The van der Waals surface area contributed by atoms with E-state index in [2.05, 4.69) is 38.8 Å². The minimum absolute atomic E-state index is 0.506. The molecule has 5 heteroatoms. The van der Waals surface area contributed by atoms with Crippen molar-refractivity contribution in [3.8, 4) is 0 Å².